The summed E-state index contributed by atoms with van der Waals surface area (Å²) in [7, 11) is 1.62. The third-order valence-corrected chi connectivity index (χ3v) is 4.24. The van der Waals surface area contributed by atoms with Gasteiger partial charge < -0.3 is 14.5 Å². The highest BCUT2D eigenvalue weighted by Crippen LogP contribution is 2.22. The largest absolute Gasteiger partial charge is 0.496 e. The molecule has 0 N–H and O–H groups in total. The molecular formula is C19H28N2O3. The van der Waals surface area contributed by atoms with E-state index in [0.29, 0.717) is 38.2 Å². The van der Waals surface area contributed by atoms with Crippen LogP contribution < -0.4 is 4.74 Å². The number of rotatable bonds is 3. The second kappa shape index (κ2) is 7.24. The van der Waals surface area contributed by atoms with Crippen molar-refractivity contribution in [3.8, 4) is 5.75 Å². The molecule has 5 nitrogen and oxygen atoms in total. The molecule has 0 unspecified atom stereocenters. The molecule has 1 aromatic rings. The Morgan fingerprint density at radius 2 is 1.67 bits per heavy atom. The van der Waals surface area contributed by atoms with Crippen molar-refractivity contribution < 1.29 is 14.3 Å². The third-order valence-electron chi connectivity index (χ3n) is 4.24. The predicted molar refractivity (Wildman–Crippen MR) is 94.3 cm³/mol. The standard InChI is InChI=1S/C19H28N2O3/c1-14-12-15(6-7-16(14)24-5)18(23)21-10-8-20(9-11-21)17(22)13-19(2,3)4/h6-7,12H,8-11,13H2,1-5H3. The molecule has 0 atom stereocenters. The number of amides is 2. The lowest BCUT2D eigenvalue weighted by Gasteiger charge is -2.36. The van der Waals surface area contributed by atoms with Crippen molar-refractivity contribution in [2.75, 3.05) is 33.3 Å². The second-order valence-electron chi connectivity index (χ2n) is 7.59. The molecule has 1 aliphatic heterocycles. The van der Waals surface area contributed by atoms with E-state index in [-0.39, 0.29) is 17.2 Å². The van der Waals surface area contributed by atoms with Crippen LogP contribution in [0.4, 0.5) is 0 Å². The van der Waals surface area contributed by atoms with Crippen molar-refractivity contribution in [1.82, 2.24) is 9.80 Å². The molecule has 1 aromatic carbocycles. The Hall–Kier alpha value is -2.04. The zero-order valence-corrected chi connectivity index (χ0v) is 15.4. The lowest BCUT2D eigenvalue weighted by molar-refractivity contribution is -0.134. The number of hydrogen-bond acceptors (Lipinski definition) is 3. The topological polar surface area (TPSA) is 49.9 Å². The van der Waals surface area contributed by atoms with Gasteiger partial charge in [-0.05, 0) is 36.1 Å². The van der Waals surface area contributed by atoms with E-state index in [2.05, 4.69) is 20.8 Å². The van der Waals surface area contributed by atoms with Crippen molar-refractivity contribution >= 4 is 11.8 Å². The van der Waals surface area contributed by atoms with E-state index in [0.717, 1.165) is 11.3 Å². The van der Waals surface area contributed by atoms with E-state index in [4.69, 9.17) is 4.74 Å². The van der Waals surface area contributed by atoms with E-state index < -0.39 is 0 Å². The van der Waals surface area contributed by atoms with Crippen LogP contribution >= 0.6 is 0 Å². The maximum absolute atomic E-state index is 12.6. The number of carbonyl (C=O) groups excluding carboxylic acids is 2. The average molecular weight is 332 g/mol. The fourth-order valence-corrected chi connectivity index (χ4v) is 2.92. The van der Waals surface area contributed by atoms with Gasteiger partial charge in [0.15, 0.2) is 0 Å². The first kappa shape index (κ1) is 18.3. The SMILES string of the molecule is COc1ccc(C(=O)N2CCN(C(=O)CC(C)(C)C)CC2)cc1C. The van der Waals surface area contributed by atoms with Gasteiger partial charge in [0, 0.05) is 38.2 Å². The van der Waals surface area contributed by atoms with Gasteiger partial charge in [-0.1, -0.05) is 20.8 Å². The van der Waals surface area contributed by atoms with Crippen molar-refractivity contribution in [3.05, 3.63) is 29.3 Å². The second-order valence-corrected chi connectivity index (χ2v) is 7.59. The van der Waals surface area contributed by atoms with Crippen LogP contribution in [0.2, 0.25) is 0 Å². The predicted octanol–water partition coefficient (Wildman–Crippen LogP) is 2.72. The van der Waals surface area contributed by atoms with Crippen LogP contribution in [0.3, 0.4) is 0 Å². The summed E-state index contributed by atoms with van der Waals surface area (Å²) in [5.41, 5.74) is 1.61. The third kappa shape index (κ3) is 4.49. The summed E-state index contributed by atoms with van der Waals surface area (Å²) in [4.78, 5) is 28.6. The summed E-state index contributed by atoms with van der Waals surface area (Å²) >= 11 is 0. The van der Waals surface area contributed by atoms with E-state index in [1.807, 2.05) is 28.9 Å². The Kier molecular flexibility index (Phi) is 5.52. The fraction of sp³-hybridized carbons (Fsp3) is 0.579. The Morgan fingerprint density at radius 1 is 1.08 bits per heavy atom. The van der Waals surface area contributed by atoms with Gasteiger partial charge in [0.2, 0.25) is 5.91 Å². The molecule has 2 rings (SSSR count). The van der Waals surface area contributed by atoms with Crippen molar-refractivity contribution in [2.24, 2.45) is 5.41 Å². The molecule has 132 valence electrons. The molecule has 2 amide bonds. The summed E-state index contributed by atoms with van der Waals surface area (Å²) < 4.78 is 5.24. The van der Waals surface area contributed by atoms with Gasteiger partial charge in [-0.15, -0.1) is 0 Å². The maximum Gasteiger partial charge on any atom is 0.253 e. The molecule has 1 saturated heterocycles. The Balaban J connectivity index is 1.95. The molecule has 0 saturated carbocycles. The maximum atomic E-state index is 12.6. The summed E-state index contributed by atoms with van der Waals surface area (Å²) in [6.07, 6.45) is 0.540. The van der Waals surface area contributed by atoms with Crippen LogP contribution in [0, 0.1) is 12.3 Å². The Morgan fingerprint density at radius 3 is 2.17 bits per heavy atom. The summed E-state index contributed by atoms with van der Waals surface area (Å²) in [6.45, 7) is 10.5. The first-order chi connectivity index (χ1) is 11.2. The molecular weight excluding hydrogens is 304 g/mol. The van der Waals surface area contributed by atoms with E-state index in [1.54, 1.807) is 13.2 Å². The smallest absolute Gasteiger partial charge is 0.253 e. The van der Waals surface area contributed by atoms with Crippen molar-refractivity contribution in [3.63, 3.8) is 0 Å². The minimum atomic E-state index is -0.00927. The van der Waals surface area contributed by atoms with E-state index in [9.17, 15) is 9.59 Å². The molecule has 0 bridgehead atoms. The van der Waals surface area contributed by atoms with E-state index in [1.165, 1.54) is 0 Å². The van der Waals surface area contributed by atoms with Gasteiger partial charge >= 0.3 is 0 Å². The summed E-state index contributed by atoms with van der Waals surface area (Å²) in [5.74, 6) is 0.975. The van der Waals surface area contributed by atoms with Crippen molar-refractivity contribution in [1.29, 1.82) is 0 Å². The fourth-order valence-electron chi connectivity index (χ4n) is 2.92. The van der Waals surface area contributed by atoms with Crippen LogP contribution in [-0.4, -0.2) is 54.9 Å². The minimum absolute atomic E-state index is 0.00927. The van der Waals surface area contributed by atoms with Crippen LogP contribution in [0.25, 0.3) is 0 Å². The molecule has 5 heteroatoms. The number of carbonyl (C=O) groups is 2. The highest BCUT2D eigenvalue weighted by atomic mass is 16.5. The number of hydrogen-bond donors (Lipinski definition) is 0. The first-order valence-corrected chi connectivity index (χ1v) is 8.43. The van der Waals surface area contributed by atoms with Crippen LogP contribution in [0.5, 0.6) is 5.75 Å². The normalized spacial score (nSPS) is 15.4. The Labute approximate surface area is 144 Å². The quantitative estimate of drug-likeness (QED) is 0.855. The highest BCUT2D eigenvalue weighted by molar-refractivity contribution is 5.94. The molecule has 0 radical (unpaired) electrons. The van der Waals surface area contributed by atoms with Gasteiger partial charge in [0.1, 0.15) is 5.75 Å². The number of aryl methyl sites for hydroxylation is 1. The number of nitrogens with zero attached hydrogens (tertiary/aromatic N) is 2. The number of benzene rings is 1. The van der Waals surface area contributed by atoms with Gasteiger partial charge in [-0.3, -0.25) is 9.59 Å². The molecule has 0 aromatic heterocycles. The van der Waals surface area contributed by atoms with Gasteiger partial charge in [-0.25, -0.2) is 0 Å². The van der Waals surface area contributed by atoms with Crippen LogP contribution in [0.1, 0.15) is 43.1 Å². The molecule has 24 heavy (non-hydrogen) atoms. The summed E-state index contributed by atoms with van der Waals surface area (Å²) in [5, 5.41) is 0. The number of ether oxygens (including phenoxy) is 1. The van der Waals surface area contributed by atoms with Gasteiger partial charge in [0.25, 0.3) is 5.91 Å². The van der Waals surface area contributed by atoms with Crippen molar-refractivity contribution in [2.45, 2.75) is 34.1 Å². The molecule has 0 spiro atoms. The monoisotopic (exact) mass is 332 g/mol. The van der Waals surface area contributed by atoms with Crippen LogP contribution in [-0.2, 0) is 4.79 Å². The lowest BCUT2D eigenvalue weighted by atomic mass is 9.91. The minimum Gasteiger partial charge on any atom is -0.496 e. The molecule has 1 heterocycles. The molecule has 1 aliphatic rings. The zero-order chi connectivity index (χ0) is 17.9. The van der Waals surface area contributed by atoms with Gasteiger partial charge in [-0.2, -0.15) is 0 Å². The average Bonchev–Trinajstić information content (AvgIpc) is 2.52. The Bertz CT molecular complexity index is 612. The highest BCUT2D eigenvalue weighted by Gasteiger charge is 2.27. The number of piperazine rings is 1. The zero-order valence-electron chi connectivity index (χ0n) is 15.4. The van der Waals surface area contributed by atoms with E-state index >= 15 is 0 Å². The van der Waals surface area contributed by atoms with Gasteiger partial charge in [0.05, 0.1) is 7.11 Å². The molecule has 1 fully saturated rings. The first-order valence-electron chi connectivity index (χ1n) is 8.43. The lowest BCUT2D eigenvalue weighted by Crippen LogP contribution is -2.51. The summed E-state index contributed by atoms with van der Waals surface area (Å²) in [6, 6.07) is 5.48. The molecule has 0 aliphatic carbocycles. The van der Waals surface area contributed by atoms with Crippen LogP contribution in [0.15, 0.2) is 18.2 Å². The number of methoxy groups -OCH3 is 1.